The number of hydrogen-bond donors (Lipinski definition) is 2. The lowest BCUT2D eigenvalue weighted by Gasteiger charge is -2.23. The molecule has 0 aromatic heterocycles. The predicted molar refractivity (Wildman–Crippen MR) is 91.7 cm³/mol. The Labute approximate surface area is 138 Å². The van der Waals surface area contributed by atoms with Gasteiger partial charge in [-0.05, 0) is 12.1 Å². The third-order valence-corrected chi connectivity index (χ3v) is 3.70. The number of fused-ring (bicyclic) bond motifs is 1. The van der Waals surface area contributed by atoms with Crippen molar-refractivity contribution in [2.24, 2.45) is 10.1 Å². The van der Waals surface area contributed by atoms with E-state index in [0.717, 1.165) is 22.9 Å². The van der Waals surface area contributed by atoms with Gasteiger partial charge in [-0.25, -0.2) is 15.0 Å². The minimum Gasteiger partial charge on any atom is -0.504 e. The van der Waals surface area contributed by atoms with Crippen LogP contribution < -0.4 is 15.2 Å². The molecule has 2 aliphatic rings. The summed E-state index contributed by atoms with van der Waals surface area (Å²) in [5.41, 5.74) is 4.95. The number of benzene rings is 2. The van der Waals surface area contributed by atoms with E-state index in [-0.39, 0.29) is 5.75 Å². The lowest BCUT2D eigenvalue weighted by Crippen LogP contribution is -2.37. The second-order valence-corrected chi connectivity index (χ2v) is 5.23. The molecule has 2 aromatic carbocycles. The van der Waals surface area contributed by atoms with E-state index >= 15 is 0 Å². The van der Waals surface area contributed by atoms with Gasteiger partial charge in [0.15, 0.2) is 23.2 Å². The van der Waals surface area contributed by atoms with Crippen LogP contribution in [0.15, 0.2) is 70.6 Å². The maximum Gasteiger partial charge on any atom is 0.173 e. The molecule has 2 aliphatic heterocycles. The van der Waals surface area contributed by atoms with Gasteiger partial charge in [-0.15, -0.1) is 0 Å². The first-order valence-corrected chi connectivity index (χ1v) is 7.37. The molecule has 0 amide bonds. The van der Waals surface area contributed by atoms with Gasteiger partial charge in [0.1, 0.15) is 6.34 Å². The minimum absolute atomic E-state index is 0.0865. The number of aromatic hydroxyl groups is 1. The average molecular weight is 321 g/mol. The highest BCUT2D eigenvalue weighted by atomic mass is 16.5. The molecule has 0 fully saturated rings. The smallest absolute Gasteiger partial charge is 0.173 e. The van der Waals surface area contributed by atoms with E-state index in [1.54, 1.807) is 40.8 Å². The first-order valence-electron chi connectivity index (χ1n) is 7.37. The molecule has 0 radical (unpaired) electrons. The second-order valence-electron chi connectivity index (χ2n) is 5.23. The fourth-order valence-electron chi connectivity index (χ4n) is 2.47. The van der Waals surface area contributed by atoms with E-state index in [0.29, 0.717) is 5.75 Å². The van der Waals surface area contributed by atoms with Crippen molar-refractivity contribution in [1.82, 2.24) is 10.4 Å². The van der Waals surface area contributed by atoms with Gasteiger partial charge in [0, 0.05) is 11.6 Å². The lowest BCUT2D eigenvalue weighted by molar-refractivity contribution is 0.373. The summed E-state index contributed by atoms with van der Waals surface area (Å²) in [6, 6.07) is 14.9. The zero-order valence-corrected chi connectivity index (χ0v) is 12.9. The normalized spacial score (nSPS) is 15.5. The van der Waals surface area contributed by atoms with Crippen LogP contribution in [0.25, 0.3) is 0 Å². The first-order chi connectivity index (χ1) is 11.7. The molecule has 0 atom stereocenters. The lowest BCUT2D eigenvalue weighted by atomic mass is 10.2. The first kappa shape index (κ1) is 14.1. The maximum atomic E-state index is 9.71. The number of phenols is 1. The number of hydrogen-bond acceptors (Lipinski definition) is 7. The van der Waals surface area contributed by atoms with Crippen molar-refractivity contribution < 1.29 is 9.84 Å². The Morgan fingerprint density at radius 1 is 1.12 bits per heavy atom. The van der Waals surface area contributed by atoms with Gasteiger partial charge in [0.2, 0.25) is 0 Å². The highest BCUT2D eigenvalue weighted by molar-refractivity contribution is 6.01. The van der Waals surface area contributed by atoms with Crippen LogP contribution in [0.4, 0.5) is 5.69 Å². The Morgan fingerprint density at radius 2 is 1.96 bits per heavy atom. The summed E-state index contributed by atoms with van der Waals surface area (Å²) >= 11 is 0. The minimum atomic E-state index is 0.0865. The van der Waals surface area contributed by atoms with Crippen LogP contribution in [-0.4, -0.2) is 29.4 Å². The van der Waals surface area contributed by atoms with Crippen molar-refractivity contribution in [3.8, 4) is 11.5 Å². The van der Waals surface area contributed by atoms with Crippen LogP contribution in [0.3, 0.4) is 0 Å². The number of nitrogens with zero attached hydrogens (tertiary/aromatic N) is 4. The zero-order valence-electron chi connectivity index (χ0n) is 12.9. The van der Waals surface area contributed by atoms with Crippen LogP contribution in [0.5, 0.6) is 11.5 Å². The van der Waals surface area contributed by atoms with Gasteiger partial charge in [0.25, 0.3) is 0 Å². The van der Waals surface area contributed by atoms with E-state index in [1.807, 2.05) is 30.3 Å². The molecule has 2 N–H and O–H groups in total. The summed E-state index contributed by atoms with van der Waals surface area (Å²) < 4.78 is 5.14. The molecule has 0 bridgehead atoms. The number of aliphatic imine (C=N–C) groups is 1. The maximum absolute atomic E-state index is 9.71. The Balaban J connectivity index is 1.64. The van der Waals surface area contributed by atoms with Gasteiger partial charge in [-0.2, -0.15) is 5.10 Å². The molecule has 0 spiro atoms. The summed E-state index contributed by atoms with van der Waals surface area (Å²) in [6.45, 7) is 0. The molecule has 0 unspecified atom stereocenters. The standard InChI is InChI=1S/C17H15N5O2/c1-24-15-9-13(7-8-14(15)23)21-10-16-19-17(20-22(16)11-18-21)12-5-3-2-4-6-12/h2-11,23H,1H3,(H,19,20). The quantitative estimate of drug-likeness (QED) is 0.907. The monoisotopic (exact) mass is 321 g/mol. The topological polar surface area (TPSA) is 72.7 Å². The third-order valence-electron chi connectivity index (χ3n) is 3.70. The molecule has 7 nitrogen and oxygen atoms in total. The van der Waals surface area contributed by atoms with E-state index < -0.39 is 0 Å². The molecular formula is C17H15N5O2. The van der Waals surface area contributed by atoms with E-state index in [4.69, 9.17) is 4.74 Å². The molecule has 2 aromatic rings. The van der Waals surface area contributed by atoms with Crippen LogP contribution in [0, 0.1) is 0 Å². The number of ether oxygens (including phenoxy) is 1. The fourth-order valence-corrected chi connectivity index (χ4v) is 2.47. The molecule has 0 saturated carbocycles. The van der Waals surface area contributed by atoms with E-state index in [1.165, 1.54) is 7.11 Å². The number of hydrazone groups is 1. The van der Waals surface area contributed by atoms with Crippen LogP contribution in [-0.2, 0) is 0 Å². The van der Waals surface area contributed by atoms with Gasteiger partial charge < -0.3 is 9.84 Å². The number of rotatable bonds is 3. The molecule has 120 valence electrons. The summed E-state index contributed by atoms with van der Waals surface area (Å²) in [7, 11) is 1.51. The van der Waals surface area contributed by atoms with Gasteiger partial charge >= 0.3 is 0 Å². The highest BCUT2D eigenvalue weighted by Gasteiger charge is 2.23. The molecule has 0 saturated heterocycles. The fraction of sp³-hybridized carbons (Fsp3) is 0.0588. The molecule has 24 heavy (non-hydrogen) atoms. The number of hydrazine groups is 1. The van der Waals surface area contributed by atoms with Crippen molar-refractivity contribution in [3.05, 3.63) is 66.1 Å². The Hall–Kier alpha value is -3.48. The van der Waals surface area contributed by atoms with Crippen molar-refractivity contribution >= 4 is 17.9 Å². The Kier molecular flexibility index (Phi) is 3.31. The van der Waals surface area contributed by atoms with Gasteiger partial charge in [-0.3, -0.25) is 5.43 Å². The van der Waals surface area contributed by atoms with Crippen molar-refractivity contribution in [1.29, 1.82) is 0 Å². The SMILES string of the molecule is COc1cc(N2C=C3N=C(c4ccccc4)NN3C=N2)ccc1O. The van der Waals surface area contributed by atoms with Crippen molar-refractivity contribution in [3.63, 3.8) is 0 Å². The van der Waals surface area contributed by atoms with Crippen LogP contribution in [0.2, 0.25) is 0 Å². The Bertz CT molecular complexity index is 861. The highest BCUT2D eigenvalue weighted by Crippen LogP contribution is 2.32. The average Bonchev–Trinajstić information content (AvgIpc) is 3.06. The van der Waals surface area contributed by atoms with E-state index in [9.17, 15) is 5.11 Å². The van der Waals surface area contributed by atoms with E-state index in [2.05, 4.69) is 15.5 Å². The summed E-state index contributed by atoms with van der Waals surface area (Å²) in [4.78, 5) is 4.60. The number of methoxy groups -OCH3 is 1. The molecule has 0 aliphatic carbocycles. The Morgan fingerprint density at radius 3 is 2.75 bits per heavy atom. The number of amidine groups is 1. The summed E-state index contributed by atoms with van der Waals surface area (Å²) in [6.07, 6.45) is 3.45. The molecular weight excluding hydrogens is 306 g/mol. The van der Waals surface area contributed by atoms with Crippen molar-refractivity contribution in [2.75, 3.05) is 12.1 Å². The molecule has 7 heteroatoms. The molecule has 4 rings (SSSR count). The van der Waals surface area contributed by atoms with Crippen LogP contribution >= 0.6 is 0 Å². The zero-order chi connectivity index (χ0) is 16.5. The van der Waals surface area contributed by atoms with Gasteiger partial charge in [-0.1, -0.05) is 30.3 Å². The summed E-state index contributed by atoms with van der Waals surface area (Å²) in [5.74, 6) is 1.96. The van der Waals surface area contributed by atoms with Crippen LogP contribution in [0.1, 0.15) is 5.56 Å². The van der Waals surface area contributed by atoms with Gasteiger partial charge in [0.05, 0.1) is 19.0 Å². The number of anilines is 1. The number of nitrogens with one attached hydrogen (secondary N) is 1. The second kappa shape index (κ2) is 5.62. The largest absolute Gasteiger partial charge is 0.504 e. The predicted octanol–water partition coefficient (Wildman–Crippen LogP) is 2.23. The molecule has 2 heterocycles. The van der Waals surface area contributed by atoms with Crippen molar-refractivity contribution in [2.45, 2.75) is 0 Å². The number of phenolic OH excluding ortho intramolecular Hbond substituents is 1. The summed E-state index contributed by atoms with van der Waals surface area (Å²) in [5, 5.41) is 17.5. The third kappa shape index (κ3) is 2.41.